The largest absolute Gasteiger partial charge is 0.381 e. The Bertz CT molecular complexity index is 374. The number of ether oxygens (including phenoxy) is 1. The van der Waals surface area contributed by atoms with Crippen LogP contribution in [0.4, 0.5) is 0 Å². The lowest BCUT2D eigenvalue weighted by Gasteiger charge is -2.34. The van der Waals surface area contributed by atoms with Crippen molar-refractivity contribution in [2.45, 2.75) is 19.3 Å². The number of hydrogen-bond acceptors (Lipinski definition) is 6. The van der Waals surface area contributed by atoms with Gasteiger partial charge in [-0.3, -0.25) is 4.79 Å². The van der Waals surface area contributed by atoms with Crippen LogP contribution < -0.4 is 11.1 Å². The third-order valence-electron chi connectivity index (χ3n) is 3.35. The second-order valence-corrected chi connectivity index (χ2v) is 4.44. The first-order valence-corrected chi connectivity index (χ1v) is 6.08. The fourth-order valence-corrected chi connectivity index (χ4v) is 2.06. The van der Waals surface area contributed by atoms with Crippen molar-refractivity contribution in [2.75, 3.05) is 26.3 Å². The van der Waals surface area contributed by atoms with Crippen LogP contribution in [0.3, 0.4) is 0 Å². The number of carbonyl (C=O) groups is 1. The highest BCUT2D eigenvalue weighted by Gasteiger charge is 2.38. The molecule has 1 aliphatic heterocycles. The van der Waals surface area contributed by atoms with Gasteiger partial charge in [-0.1, -0.05) is 5.16 Å². The zero-order valence-electron chi connectivity index (χ0n) is 10.2. The Morgan fingerprint density at radius 3 is 2.89 bits per heavy atom. The number of carbonyl (C=O) groups excluding carboxylic acids is 1. The van der Waals surface area contributed by atoms with Gasteiger partial charge in [0.1, 0.15) is 0 Å². The second-order valence-electron chi connectivity index (χ2n) is 4.44. The van der Waals surface area contributed by atoms with E-state index >= 15 is 0 Å². The third kappa shape index (κ3) is 2.85. The molecule has 2 heterocycles. The molecule has 0 aliphatic carbocycles. The fourth-order valence-electron chi connectivity index (χ4n) is 2.06. The highest BCUT2D eigenvalue weighted by Crippen LogP contribution is 2.29. The zero-order chi connectivity index (χ0) is 12.8. The van der Waals surface area contributed by atoms with E-state index in [9.17, 15) is 4.79 Å². The molecular formula is C11H18N4O3. The van der Waals surface area contributed by atoms with Gasteiger partial charge in [0.05, 0.1) is 5.41 Å². The predicted molar refractivity (Wildman–Crippen MR) is 62.6 cm³/mol. The topological polar surface area (TPSA) is 103 Å². The molecule has 0 atom stereocenters. The van der Waals surface area contributed by atoms with Crippen molar-refractivity contribution in [3.63, 3.8) is 0 Å². The summed E-state index contributed by atoms with van der Waals surface area (Å²) in [6.07, 6.45) is 3.23. The quantitative estimate of drug-likeness (QED) is 0.733. The van der Waals surface area contributed by atoms with Crippen LogP contribution in [0.2, 0.25) is 0 Å². The number of hydrogen-bond donors (Lipinski definition) is 2. The molecule has 7 heteroatoms. The summed E-state index contributed by atoms with van der Waals surface area (Å²) in [6, 6.07) is 0. The molecule has 18 heavy (non-hydrogen) atoms. The molecule has 7 nitrogen and oxygen atoms in total. The monoisotopic (exact) mass is 254 g/mol. The molecule has 0 bridgehead atoms. The van der Waals surface area contributed by atoms with E-state index in [1.807, 2.05) is 0 Å². The molecule has 0 radical (unpaired) electrons. The SMILES string of the molecule is NCC1(C(=O)NCCc2ncno2)CCOCC1. The normalized spacial score (nSPS) is 18.5. The Morgan fingerprint density at radius 2 is 2.28 bits per heavy atom. The summed E-state index contributed by atoms with van der Waals surface area (Å²) in [5.41, 5.74) is 5.27. The van der Waals surface area contributed by atoms with Gasteiger partial charge in [-0.05, 0) is 12.8 Å². The summed E-state index contributed by atoms with van der Waals surface area (Å²) in [5.74, 6) is 0.511. The molecule has 2 rings (SSSR count). The second kappa shape index (κ2) is 5.92. The van der Waals surface area contributed by atoms with Crippen LogP contribution >= 0.6 is 0 Å². The molecule has 0 unspecified atom stereocenters. The lowest BCUT2D eigenvalue weighted by atomic mass is 9.79. The Kier molecular flexibility index (Phi) is 4.27. The fraction of sp³-hybridized carbons (Fsp3) is 0.727. The van der Waals surface area contributed by atoms with Crippen LogP contribution in [0.15, 0.2) is 10.9 Å². The van der Waals surface area contributed by atoms with Gasteiger partial charge in [-0.15, -0.1) is 0 Å². The van der Waals surface area contributed by atoms with Gasteiger partial charge in [0.2, 0.25) is 11.8 Å². The molecule has 3 N–H and O–H groups in total. The van der Waals surface area contributed by atoms with Crippen LogP contribution in [0.25, 0.3) is 0 Å². The summed E-state index contributed by atoms with van der Waals surface area (Å²) in [7, 11) is 0. The summed E-state index contributed by atoms with van der Waals surface area (Å²) in [6.45, 7) is 2.01. The first-order valence-electron chi connectivity index (χ1n) is 6.08. The Morgan fingerprint density at radius 1 is 1.50 bits per heavy atom. The minimum Gasteiger partial charge on any atom is -0.381 e. The lowest BCUT2D eigenvalue weighted by Crippen LogP contribution is -2.49. The van der Waals surface area contributed by atoms with Gasteiger partial charge >= 0.3 is 0 Å². The molecule has 0 aromatic carbocycles. The maximum absolute atomic E-state index is 12.2. The van der Waals surface area contributed by atoms with Crippen molar-refractivity contribution in [2.24, 2.45) is 11.1 Å². The number of rotatable bonds is 5. The van der Waals surface area contributed by atoms with Gasteiger partial charge in [0, 0.05) is 32.7 Å². The van der Waals surface area contributed by atoms with E-state index in [0.29, 0.717) is 51.5 Å². The molecule has 0 saturated carbocycles. The van der Waals surface area contributed by atoms with Crippen LogP contribution in [0.5, 0.6) is 0 Å². The highest BCUT2D eigenvalue weighted by atomic mass is 16.5. The van der Waals surface area contributed by atoms with Crippen molar-refractivity contribution in [1.29, 1.82) is 0 Å². The standard InChI is InChI=1S/C11H18N4O3/c12-7-11(2-5-17-6-3-11)10(16)13-4-1-9-14-8-15-18-9/h8H,1-7,12H2,(H,13,16). The Labute approximate surface area is 105 Å². The van der Waals surface area contributed by atoms with Crippen LogP contribution in [-0.2, 0) is 16.0 Å². The van der Waals surface area contributed by atoms with Crippen LogP contribution in [0.1, 0.15) is 18.7 Å². The summed E-state index contributed by atoms with van der Waals surface area (Å²) in [5, 5.41) is 6.38. The van der Waals surface area contributed by atoms with E-state index in [1.165, 1.54) is 6.33 Å². The van der Waals surface area contributed by atoms with Gasteiger partial charge in [0.15, 0.2) is 6.33 Å². The molecule has 1 amide bonds. The number of nitrogens with two attached hydrogens (primary N) is 1. The van der Waals surface area contributed by atoms with E-state index in [2.05, 4.69) is 15.5 Å². The summed E-state index contributed by atoms with van der Waals surface area (Å²) in [4.78, 5) is 16.1. The minimum absolute atomic E-state index is 0.00665. The molecule has 1 aromatic heterocycles. The molecule has 1 aliphatic rings. The van der Waals surface area contributed by atoms with Crippen molar-refractivity contribution in [1.82, 2.24) is 15.5 Å². The van der Waals surface area contributed by atoms with Gasteiger partial charge in [-0.2, -0.15) is 4.98 Å². The van der Waals surface area contributed by atoms with Crippen molar-refractivity contribution in [3.05, 3.63) is 12.2 Å². The average molecular weight is 254 g/mol. The number of nitrogens with one attached hydrogen (secondary N) is 1. The van der Waals surface area contributed by atoms with Crippen molar-refractivity contribution >= 4 is 5.91 Å². The van der Waals surface area contributed by atoms with Crippen LogP contribution in [0, 0.1) is 5.41 Å². The number of aromatic nitrogens is 2. The van der Waals surface area contributed by atoms with Gasteiger partial charge < -0.3 is 20.3 Å². The average Bonchev–Trinajstić information content (AvgIpc) is 2.92. The van der Waals surface area contributed by atoms with E-state index in [0.717, 1.165) is 0 Å². The number of amides is 1. The van der Waals surface area contributed by atoms with E-state index in [-0.39, 0.29) is 5.91 Å². The van der Waals surface area contributed by atoms with Gasteiger partial charge in [-0.25, -0.2) is 0 Å². The van der Waals surface area contributed by atoms with Crippen LogP contribution in [-0.4, -0.2) is 42.4 Å². The third-order valence-corrected chi connectivity index (χ3v) is 3.35. The first-order chi connectivity index (χ1) is 8.77. The lowest BCUT2D eigenvalue weighted by molar-refractivity contribution is -0.135. The van der Waals surface area contributed by atoms with E-state index in [4.69, 9.17) is 15.0 Å². The Balaban J connectivity index is 1.82. The summed E-state index contributed by atoms with van der Waals surface area (Å²) >= 11 is 0. The highest BCUT2D eigenvalue weighted by molar-refractivity contribution is 5.83. The van der Waals surface area contributed by atoms with E-state index in [1.54, 1.807) is 0 Å². The molecular weight excluding hydrogens is 236 g/mol. The maximum atomic E-state index is 12.2. The zero-order valence-corrected chi connectivity index (χ0v) is 10.2. The van der Waals surface area contributed by atoms with Gasteiger partial charge in [0.25, 0.3) is 0 Å². The Hall–Kier alpha value is -1.47. The van der Waals surface area contributed by atoms with Crippen molar-refractivity contribution in [3.8, 4) is 0 Å². The number of nitrogens with zero attached hydrogens (tertiary/aromatic N) is 2. The molecule has 0 spiro atoms. The molecule has 1 saturated heterocycles. The minimum atomic E-state index is -0.479. The summed E-state index contributed by atoms with van der Waals surface area (Å²) < 4.78 is 10.1. The molecule has 100 valence electrons. The molecule has 1 aromatic rings. The van der Waals surface area contributed by atoms with E-state index < -0.39 is 5.41 Å². The predicted octanol–water partition coefficient (Wildman–Crippen LogP) is -0.516. The molecule has 1 fully saturated rings. The smallest absolute Gasteiger partial charge is 0.228 e. The van der Waals surface area contributed by atoms with Crippen molar-refractivity contribution < 1.29 is 14.1 Å². The maximum Gasteiger partial charge on any atom is 0.228 e. The first kappa shape index (κ1) is 13.0.